The average Bonchev–Trinajstić information content (AvgIpc) is 3.08. The van der Waals surface area contributed by atoms with Gasteiger partial charge in [-0.05, 0) is 24.3 Å². The summed E-state index contributed by atoms with van der Waals surface area (Å²) in [4.78, 5) is 8.27. The summed E-state index contributed by atoms with van der Waals surface area (Å²) >= 11 is 0. The largest absolute Gasteiger partial charge is 0.332 e. The zero-order valence-electron chi connectivity index (χ0n) is 9.89. The van der Waals surface area contributed by atoms with Crippen molar-refractivity contribution in [2.45, 2.75) is 6.54 Å². The van der Waals surface area contributed by atoms with E-state index in [0.29, 0.717) is 11.7 Å². The summed E-state index contributed by atoms with van der Waals surface area (Å²) in [7, 11) is 0. The highest BCUT2D eigenvalue weighted by atomic mass is 16.5. The van der Waals surface area contributed by atoms with Crippen molar-refractivity contribution in [1.82, 2.24) is 19.7 Å². The van der Waals surface area contributed by atoms with Crippen LogP contribution in [-0.4, -0.2) is 19.7 Å². The second kappa shape index (κ2) is 4.74. The molecule has 6 heteroatoms. The molecule has 0 aliphatic heterocycles. The van der Waals surface area contributed by atoms with Gasteiger partial charge in [-0.1, -0.05) is 5.16 Å². The van der Waals surface area contributed by atoms with Crippen molar-refractivity contribution in [3.05, 3.63) is 42.9 Å². The van der Waals surface area contributed by atoms with Gasteiger partial charge in [0.05, 0.1) is 6.07 Å². The Morgan fingerprint density at radius 1 is 1.26 bits per heavy atom. The van der Waals surface area contributed by atoms with E-state index in [1.807, 2.05) is 24.3 Å². The van der Waals surface area contributed by atoms with Crippen LogP contribution >= 0.6 is 0 Å². The summed E-state index contributed by atoms with van der Waals surface area (Å²) in [6.07, 6.45) is 5.14. The minimum atomic E-state index is 0.245. The van der Waals surface area contributed by atoms with Crippen molar-refractivity contribution in [3.63, 3.8) is 0 Å². The highest BCUT2D eigenvalue weighted by Gasteiger charge is 2.13. The van der Waals surface area contributed by atoms with Crippen LogP contribution in [0.1, 0.15) is 0 Å². The summed E-state index contributed by atoms with van der Waals surface area (Å²) in [6.45, 7) is 0.245. The molecule has 0 amide bonds. The number of nitriles is 1. The molecule has 3 heterocycles. The first kappa shape index (κ1) is 11.2. The maximum atomic E-state index is 8.75. The fraction of sp³-hybridized carbons (Fsp3) is 0.0769. The highest BCUT2D eigenvalue weighted by Crippen LogP contribution is 2.22. The van der Waals surface area contributed by atoms with Gasteiger partial charge in [-0.3, -0.25) is 4.98 Å². The van der Waals surface area contributed by atoms with Crippen molar-refractivity contribution in [3.8, 4) is 29.0 Å². The van der Waals surface area contributed by atoms with Gasteiger partial charge < -0.3 is 9.09 Å². The molecule has 0 spiro atoms. The van der Waals surface area contributed by atoms with Crippen LogP contribution in [0.2, 0.25) is 0 Å². The van der Waals surface area contributed by atoms with E-state index in [2.05, 4.69) is 21.2 Å². The van der Waals surface area contributed by atoms with Crippen molar-refractivity contribution in [1.29, 1.82) is 5.26 Å². The first-order chi connectivity index (χ1) is 9.38. The lowest BCUT2D eigenvalue weighted by Crippen LogP contribution is -1.96. The molecule has 0 aromatic carbocycles. The zero-order valence-corrected chi connectivity index (χ0v) is 9.89. The molecule has 0 unspecified atom stereocenters. The van der Waals surface area contributed by atoms with E-state index in [1.165, 1.54) is 0 Å². The number of aromatic nitrogens is 4. The molecular formula is C13H9N5O. The van der Waals surface area contributed by atoms with Gasteiger partial charge in [-0.15, -0.1) is 0 Å². The Labute approximate surface area is 108 Å². The summed E-state index contributed by atoms with van der Waals surface area (Å²) in [5, 5.41) is 12.7. The second-order valence-corrected chi connectivity index (χ2v) is 3.84. The summed E-state index contributed by atoms with van der Waals surface area (Å²) < 4.78 is 6.99. The third-order valence-electron chi connectivity index (χ3n) is 2.65. The van der Waals surface area contributed by atoms with E-state index in [1.54, 1.807) is 23.2 Å². The topological polar surface area (TPSA) is 80.5 Å². The predicted molar refractivity (Wildman–Crippen MR) is 66.6 cm³/mol. The predicted octanol–water partition coefficient (Wildman–Crippen LogP) is 2.12. The molecule has 0 aliphatic rings. The molecule has 0 N–H and O–H groups in total. The monoisotopic (exact) mass is 251 g/mol. The molecule has 0 radical (unpaired) electrons. The van der Waals surface area contributed by atoms with Crippen LogP contribution in [0, 0.1) is 11.3 Å². The Balaban J connectivity index is 1.98. The van der Waals surface area contributed by atoms with Gasteiger partial charge in [0.2, 0.25) is 5.82 Å². The molecule has 0 atom stereocenters. The van der Waals surface area contributed by atoms with E-state index < -0.39 is 0 Å². The van der Waals surface area contributed by atoms with E-state index in [4.69, 9.17) is 9.78 Å². The van der Waals surface area contributed by atoms with Gasteiger partial charge in [0, 0.05) is 24.2 Å². The van der Waals surface area contributed by atoms with Gasteiger partial charge in [-0.25, -0.2) is 0 Å². The van der Waals surface area contributed by atoms with Crippen LogP contribution in [-0.2, 0) is 6.54 Å². The highest BCUT2D eigenvalue weighted by molar-refractivity contribution is 5.57. The van der Waals surface area contributed by atoms with E-state index >= 15 is 0 Å². The average molecular weight is 251 g/mol. The minimum Gasteiger partial charge on any atom is -0.332 e. The minimum absolute atomic E-state index is 0.245. The smallest absolute Gasteiger partial charge is 0.274 e. The van der Waals surface area contributed by atoms with Crippen LogP contribution in [0.5, 0.6) is 0 Å². The molecule has 3 aromatic heterocycles. The molecular weight excluding hydrogens is 242 g/mol. The first-order valence-electron chi connectivity index (χ1n) is 5.65. The fourth-order valence-corrected chi connectivity index (χ4v) is 1.77. The Morgan fingerprint density at radius 2 is 2.11 bits per heavy atom. The maximum absolute atomic E-state index is 8.75. The summed E-state index contributed by atoms with van der Waals surface area (Å²) in [6, 6.07) is 9.37. The standard InChI is InChI=1S/C13H9N5O/c14-5-9-18-8-1-2-11(18)13-16-12(17-19-13)10-3-6-15-7-4-10/h1-4,6-8H,9H2. The molecule has 0 bridgehead atoms. The maximum Gasteiger partial charge on any atom is 0.274 e. The molecule has 0 fully saturated rings. The van der Waals surface area contributed by atoms with Crippen LogP contribution in [0.3, 0.4) is 0 Å². The lowest BCUT2D eigenvalue weighted by atomic mass is 10.2. The molecule has 19 heavy (non-hydrogen) atoms. The van der Waals surface area contributed by atoms with E-state index in [0.717, 1.165) is 11.3 Å². The zero-order chi connectivity index (χ0) is 13.1. The van der Waals surface area contributed by atoms with Crippen LogP contribution in [0.15, 0.2) is 47.4 Å². The number of hydrogen-bond acceptors (Lipinski definition) is 5. The SMILES string of the molecule is N#CCn1cccc1-c1nc(-c2ccncc2)no1. The van der Waals surface area contributed by atoms with Crippen LogP contribution < -0.4 is 0 Å². The first-order valence-corrected chi connectivity index (χ1v) is 5.65. The third-order valence-corrected chi connectivity index (χ3v) is 2.65. The molecule has 0 saturated carbocycles. The normalized spacial score (nSPS) is 10.3. The number of nitrogens with zero attached hydrogens (tertiary/aromatic N) is 5. The number of pyridine rings is 1. The molecule has 92 valence electrons. The molecule has 3 rings (SSSR count). The van der Waals surface area contributed by atoms with Gasteiger partial charge in [-0.2, -0.15) is 10.2 Å². The summed E-state index contributed by atoms with van der Waals surface area (Å²) in [5.74, 6) is 0.897. The van der Waals surface area contributed by atoms with Crippen molar-refractivity contribution in [2.75, 3.05) is 0 Å². The van der Waals surface area contributed by atoms with E-state index in [9.17, 15) is 0 Å². The van der Waals surface area contributed by atoms with Crippen molar-refractivity contribution in [2.24, 2.45) is 0 Å². The second-order valence-electron chi connectivity index (χ2n) is 3.84. The Morgan fingerprint density at radius 3 is 2.89 bits per heavy atom. The van der Waals surface area contributed by atoms with Gasteiger partial charge >= 0.3 is 0 Å². The quantitative estimate of drug-likeness (QED) is 0.712. The Hall–Kier alpha value is -2.94. The van der Waals surface area contributed by atoms with Gasteiger partial charge in [0.25, 0.3) is 5.89 Å². The summed E-state index contributed by atoms with van der Waals surface area (Å²) in [5.41, 5.74) is 1.57. The van der Waals surface area contributed by atoms with Gasteiger partial charge in [0.1, 0.15) is 12.2 Å². The fourth-order valence-electron chi connectivity index (χ4n) is 1.77. The Kier molecular flexibility index (Phi) is 2.79. The van der Waals surface area contributed by atoms with Crippen LogP contribution in [0.4, 0.5) is 0 Å². The molecule has 0 saturated heterocycles. The van der Waals surface area contributed by atoms with Crippen molar-refractivity contribution >= 4 is 0 Å². The molecule has 6 nitrogen and oxygen atoms in total. The molecule has 3 aromatic rings. The van der Waals surface area contributed by atoms with E-state index in [-0.39, 0.29) is 6.54 Å². The lowest BCUT2D eigenvalue weighted by Gasteiger charge is -1.98. The lowest BCUT2D eigenvalue weighted by molar-refractivity contribution is 0.429. The van der Waals surface area contributed by atoms with Gasteiger partial charge in [0.15, 0.2) is 0 Å². The third kappa shape index (κ3) is 2.09. The Bertz CT molecular complexity index is 723. The number of hydrogen-bond donors (Lipinski definition) is 0. The van der Waals surface area contributed by atoms with Crippen LogP contribution in [0.25, 0.3) is 23.0 Å². The molecule has 0 aliphatic carbocycles. The number of rotatable bonds is 3. The van der Waals surface area contributed by atoms with Crippen molar-refractivity contribution < 1.29 is 4.52 Å².